The highest BCUT2D eigenvalue weighted by Gasteiger charge is 2.30. The molecule has 0 saturated heterocycles. The Morgan fingerprint density at radius 2 is 1.95 bits per heavy atom. The number of halogens is 3. The fraction of sp³-hybridized carbons (Fsp3) is 0.500. The molecular weight excluding hydrogens is 326 g/mol. The van der Waals surface area contributed by atoms with E-state index in [1.165, 1.54) is 24.3 Å². The minimum Gasteiger partial charge on any atom is -0.433 e. The van der Waals surface area contributed by atoms with E-state index in [0.29, 0.717) is 5.92 Å². The molecule has 120 valence electrons. The van der Waals surface area contributed by atoms with Gasteiger partial charge in [-0.1, -0.05) is 12.1 Å². The Hall–Kier alpha value is -0.960. The molecule has 1 aliphatic carbocycles. The normalized spacial score (nSPS) is 16.4. The van der Waals surface area contributed by atoms with E-state index in [9.17, 15) is 17.2 Å². The van der Waals surface area contributed by atoms with Gasteiger partial charge in [-0.15, -0.1) is 12.4 Å². The lowest BCUT2D eigenvalue weighted by molar-refractivity contribution is -0.0517. The second-order valence-corrected chi connectivity index (χ2v) is 6.41. The molecule has 0 spiro atoms. The number of nitrogens with two attached hydrogens (primary N) is 1. The number of alkyl halides is 2. The van der Waals surface area contributed by atoms with Crippen molar-refractivity contribution < 1.29 is 21.9 Å². The summed E-state index contributed by atoms with van der Waals surface area (Å²) in [7, 11) is -3.93. The Bertz CT molecular complexity index is 567. The van der Waals surface area contributed by atoms with Crippen molar-refractivity contribution in [2.24, 2.45) is 11.7 Å². The molecule has 2 rings (SSSR count). The van der Waals surface area contributed by atoms with Crippen molar-refractivity contribution in [2.45, 2.75) is 30.4 Å². The zero-order valence-electron chi connectivity index (χ0n) is 11.0. The number of ether oxygens (including phenoxy) is 1. The number of hydrogen-bond acceptors (Lipinski definition) is 4. The lowest BCUT2D eigenvalue weighted by Crippen LogP contribution is -2.38. The molecule has 0 heterocycles. The van der Waals surface area contributed by atoms with Crippen molar-refractivity contribution in [1.29, 1.82) is 0 Å². The highest BCUT2D eigenvalue weighted by Crippen LogP contribution is 2.31. The van der Waals surface area contributed by atoms with E-state index >= 15 is 0 Å². The van der Waals surface area contributed by atoms with Gasteiger partial charge in [0, 0.05) is 12.6 Å². The van der Waals surface area contributed by atoms with E-state index in [2.05, 4.69) is 9.46 Å². The van der Waals surface area contributed by atoms with E-state index < -0.39 is 16.6 Å². The van der Waals surface area contributed by atoms with Crippen LogP contribution in [0.1, 0.15) is 12.8 Å². The van der Waals surface area contributed by atoms with Crippen LogP contribution in [0.3, 0.4) is 0 Å². The summed E-state index contributed by atoms with van der Waals surface area (Å²) in [6.07, 6.45) is 1.99. The molecule has 1 fully saturated rings. The third-order valence-electron chi connectivity index (χ3n) is 3.09. The van der Waals surface area contributed by atoms with Crippen LogP contribution in [0.15, 0.2) is 29.2 Å². The standard InChI is InChI=1S/C12H16F2N2O3S.ClH/c13-12(14)19-10-3-1-2-4-11(10)20(17,18)16-7-9(15)8-5-6-8;/h1-4,8-9,12,16H,5-7,15H2;1H. The van der Waals surface area contributed by atoms with Crippen LogP contribution in [0.5, 0.6) is 5.75 Å². The molecule has 1 aromatic carbocycles. The van der Waals surface area contributed by atoms with Crippen molar-refractivity contribution >= 4 is 22.4 Å². The van der Waals surface area contributed by atoms with E-state index in [0.717, 1.165) is 12.8 Å². The summed E-state index contributed by atoms with van der Waals surface area (Å²) >= 11 is 0. The Labute approximate surface area is 128 Å². The summed E-state index contributed by atoms with van der Waals surface area (Å²) in [6, 6.07) is 5.00. The van der Waals surface area contributed by atoms with Gasteiger partial charge in [0.2, 0.25) is 10.0 Å². The average molecular weight is 343 g/mol. The lowest BCUT2D eigenvalue weighted by Gasteiger charge is -2.14. The summed E-state index contributed by atoms with van der Waals surface area (Å²) in [4.78, 5) is -0.316. The number of benzene rings is 1. The van der Waals surface area contributed by atoms with E-state index in [1.54, 1.807) is 0 Å². The fourth-order valence-electron chi connectivity index (χ4n) is 1.84. The highest BCUT2D eigenvalue weighted by atomic mass is 35.5. The molecular formula is C12H17ClF2N2O3S. The first kappa shape index (κ1) is 18.1. The van der Waals surface area contributed by atoms with Crippen LogP contribution in [0.4, 0.5) is 8.78 Å². The average Bonchev–Trinajstić information content (AvgIpc) is 3.20. The SMILES string of the molecule is Cl.NC(CNS(=O)(=O)c1ccccc1OC(F)F)C1CC1. The van der Waals surface area contributed by atoms with Crippen molar-refractivity contribution in [3.05, 3.63) is 24.3 Å². The summed E-state index contributed by atoms with van der Waals surface area (Å²) < 4.78 is 55.2. The third kappa shape index (κ3) is 5.06. The summed E-state index contributed by atoms with van der Waals surface area (Å²) in [6.45, 7) is -3.00. The van der Waals surface area contributed by atoms with Crippen molar-refractivity contribution in [3.63, 3.8) is 0 Å². The van der Waals surface area contributed by atoms with Gasteiger partial charge in [-0.25, -0.2) is 13.1 Å². The maximum absolute atomic E-state index is 12.3. The molecule has 5 nitrogen and oxygen atoms in total. The molecule has 0 amide bonds. The first-order chi connectivity index (χ1) is 9.40. The number of nitrogens with one attached hydrogen (secondary N) is 1. The van der Waals surface area contributed by atoms with Crippen molar-refractivity contribution in [1.82, 2.24) is 4.72 Å². The predicted molar refractivity (Wildman–Crippen MR) is 76.2 cm³/mol. The first-order valence-electron chi connectivity index (χ1n) is 6.19. The smallest absolute Gasteiger partial charge is 0.387 e. The minimum atomic E-state index is -3.93. The molecule has 1 aromatic rings. The highest BCUT2D eigenvalue weighted by molar-refractivity contribution is 7.89. The molecule has 9 heteroatoms. The van der Waals surface area contributed by atoms with Crippen LogP contribution in [-0.4, -0.2) is 27.6 Å². The Balaban J connectivity index is 0.00000220. The molecule has 0 aliphatic heterocycles. The topological polar surface area (TPSA) is 81.4 Å². The molecule has 21 heavy (non-hydrogen) atoms. The van der Waals surface area contributed by atoms with Crippen molar-refractivity contribution in [2.75, 3.05) is 6.54 Å². The van der Waals surface area contributed by atoms with Gasteiger partial charge in [0.1, 0.15) is 10.6 Å². The van der Waals surface area contributed by atoms with E-state index in [1.807, 2.05) is 0 Å². The van der Waals surface area contributed by atoms with Gasteiger partial charge in [0.05, 0.1) is 0 Å². The largest absolute Gasteiger partial charge is 0.433 e. The van der Waals surface area contributed by atoms with Crippen LogP contribution in [-0.2, 0) is 10.0 Å². The molecule has 1 unspecified atom stereocenters. The number of para-hydroxylation sites is 1. The Morgan fingerprint density at radius 1 is 1.33 bits per heavy atom. The van der Waals surface area contributed by atoms with Gasteiger partial charge in [0.15, 0.2) is 0 Å². The number of hydrogen-bond donors (Lipinski definition) is 2. The second-order valence-electron chi connectivity index (χ2n) is 4.68. The van der Waals surface area contributed by atoms with Gasteiger partial charge >= 0.3 is 6.61 Å². The summed E-state index contributed by atoms with van der Waals surface area (Å²) in [5.41, 5.74) is 5.80. The number of rotatable bonds is 7. The minimum absolute atomic E-state index is 0. The first-order valence-corrected chi connectivity index (χ1v) is 7.67. The van der Waals surface area contributed by atoms with Crippen LogP contribution in [0.25, 0.3) is 0 Å². The second kappa shape index (κ2) is 7.35. The molecule has 0 bridgehead atoms. The van der Waals surface area contributed by atoms with Gasteiger partial charge in [-0.05, 0) is 30.9 Å². The van der Waals surface area contributed by atoms with Crippen LogP contribution in [0, 0.1) is 5.92 Å². The van der Waals surface area contributed by atoms with Gasteiger partial charge < -0.3 is 10.5 Å². The maximum atomic E-state index is 12.3. The molecule has 1 aliphatic rings. The maximum Gasteiger partial charge on any atom is 0.387 e. The van der Waals surface area contributed by atoms with Crippen LogP contribution >= 0.6 is 12.4 Å². The Kier molecular flexibility index (Phi) is 6.33. The van der Waals surface area contributed by atoms with E-state index in [4.69, 9.17) is 5.73 Å². The molecule has 1 saturated carbocycles. The van der Waals surface area contributed by atoms with Crippen LogP contribution < -0.4 is 15.2 Å². The lowest BCUT2D eigenvalue weighted by atomic mass is 10.2. The zero-order valence-corrected chi connectivity index (χ0v) is 12.7. The van der Waals surface area contributed by atoms with Gasteiger partial charge in [-0.3, -0.25) is 0 Å². The molecule has 3 N–H and O–H groups in total. The summed E-state index contributed by atoms with van der Waals surface area (Å²) in [5.74, 6) is -0.0414. The quantitative estimate of drug-likeness (QED) is 0.790. The monoisotopic (exact) mass is 342 g/mol. The third-order valence-corrected chi connectivity index (χ3v) is 4.55. The van der Waals surface area contributed by atoms with E-state index in [-0.39, 0.29) is 35.6 Å². The summed E-state index contributed by atoms with van der Waals surface area (Å²) in [5, 5.41) is 0. The molecule has 0 radical (unpaired) electrons. The molecule has 0 aromatic heterocycles. The van der Waals surface area contributed by atoms with Gasteiger partial charge in [-0.2, -0.15) is 8.78 Å². The zero-order chi connectivity index (χ0) is 14.8. The predicted octanol–water partition coefficient (Wildman–Crippen LogP) is 1.73. The van der Waals surface area contributed by atoms with Gasteiger partial charge in [0.25, 0.3) is 0 Å². The Morgan fingerprint density at radius 3 is 2.52 bits per heavy atom. The fourth-order valence-corrected chi connectivity index (χ4v) is 3.05. The van der Waals surface area contributed by atoms with Crippen molar-refractivity contribution in [3.8, 4) is 5.75 Å². The molecule has 1 atom stereocenters. The van der Waals surface area contributed by atoms with Crippen LogP contribution in [0.2, 0.25) is 0 Å². The number of sulfonamides is 1.